The lowest BCUT2D eigenvalue weighted by molar-refractivity contribution is 0.529. The van der Waals surface area contributed by atoms with Crippen LogP contribution in [0.15, 0.2) is 32.9 Å². The lowest BCUT2D eigenvalue weighted by Crippen LogP contribution is -2.17. The molecule has 2 aromatic heterocycles. The number of hydrogen-bond acceptors (Lipinski definition) is 4. The molecule has 0 spiro atoms. The van der Waals surface area contributed by atoms with E-state index in [1.165, 1.54) is 11.5 Å². The molecule has 5 heteroatoms. The average Bonchev–Trinajstić information content (AvgIpc) is 2.80. The van der Waals surface area contributed by atoms with Crippen LogP contribution < -0.4 is 5.32 Å². The first-order valence-electron chi connectivity index (χ1n) is 4.13. The second-order valence-electron chi connectivity index (χ2n) is 2.80. The van der Waals surface area contributed by atoms with Gasteiger partial charge in [-0.05, 0) is 46.6 Å². The normalized spacial score (nSPS) is 13.0. The number of halogens is 1. The van der Waals surface area contributed by atoms with Crippen molar-refractivity contribution in [2.24, 2.45) is 0 Å². The van der Waals surface area contributed by atoms with Gasteiger partial charge in [-0.1, -0.05) is 0 Å². The lowest BCUT2D eigenvalue weighted by Gasteiger charge is -2.11. The maximum absolute atomic E-state index is 5.20. The smallest absolute Gasteiger partial charge is 0.174 e. The average molecular weight is 273 g/mol. The van der Waals surface area contributed by atoms with E-state index < -0.39 is 0 Å². The van der Waals surface area contributed by atoms with E-state index in [0.717, 1.165) is 15.9 Å². The van der Waals surface area contributed by atoms with E-state index in [1.807, 2.05) is 24.6 Å². The summed E-state index contributed by atoms with van der Waals surface area (Å²) in [7, 11) is 1.91. The molecule has 0 fully saturated rings. The molecule has 0 saturated carbocycles. The molecule has 0 radical (unpaired) electrons. The summed E-state index contributed by atoms with van der Waals surface area (Å²) in [4.78, 5) is 0. The SMILES string of the molecule is CNC(c1ccsn1)c1ccoc1Br. The van der Waals surface area contributed by atoms with E-state index in [4.69, 9.17) is 4.42 Å². The van der Waals surface area contributed by atoms with Gasteiger partial charge in [0.1, 0.15) is 0 Å². The van der Waals surface area contributed by atoms with E-state index in [1.54, 1.807) is 6.26 Å². The van der Waals surface area contributed by atoms with Gasteiger partial charge < -0.3 is 9.73 Å². The van der Waals surface area contributed by atoms with Crippen molar-refractivity contribution < 1.29 is 4.42 Å². The first-order valence-corrected chi connectivity index (χ1v) is 5.76. The maximum atomic E-state index is 5.20. The van der Waals surface area contributed by atoms with Crippen molar-refractivity contribution in [2.75, 3.05) is 7.05 Å². The lowest BCUT2D eigenvalue weighted by atomic mass is 10.1. The highest BCUT2D eigenvalue weighted by molar-refractivity contribution is 9.10. The molecule has 0 amide bonds. The second kappa shape index (κ2) is 4.25. The van der Waals surface area contributed by atoms with Crippen molar-refractivity contribution in [3.63, 3.8) is 0 Å². The van der Waals surface area contributed by atoms with Crippen molar-refractivity contribution >= 4 is 27.5 Å². The molecule has 2 aromatic rings. The summed E-state index contributed by atoms with van der Waals surface area (Å²) in [5.74, 6) is 0. The quantitative estimate of drug-likeness (QED) is 0.934. The third-order valence-electron chi connectivity index (χ3n) is 2.00. The van der Waals surface area contributed by atoms with Crippen molar-refractivity contribution in [2.45, 2.75) is 6.04 Å². The van der Waals surface area contributed by atoms with E-state index in [9.17, 15) is 0 Å². The molecule has 2 heterocycles. The minimum atomic E-state index is 0.0920. The van der Waals surface area contributed by atoms with Crippen LogP contribution in [0.1, 0.15) is 17.3 Å². The Labute approximate surface area is 94.4 Å². The van der Waals surface area contributed by atoms with Crippen LogP contribution in [0.5, 0.6) is 0 Å². The third kappa shape index (κ3) is 1.75. The Hall–Kier alpha value is -0.650. The Morgan fingerprint density at radius 3 is 2.93 bits per heavy atom. The summed E-state index contributed by atoms with van der Waals surface area (Å²) in [6.07, 6.45) is 1.66. The molecule has 3 nitrogen and oxygen atoms in total. The van der Waals surface area contributed by atoms with Gasteiger partial charge in [-0.2, -0.15) is 4.37 Å². The van der Waals surface area contributed by atoms with Gasteiger partial charge in [0.2, 0.25) is 0 Å². The first kappa shape index (κ1) is 9.89. The van der Waals surface area contributed by atoms with E-state index in [2.05, 4.69) is 25.6 Å². The minimum Gasteiger partial charge on any atom is -0.457 e. The molecular weight excluding hydrogens is 264 g/mol. The molecular formula is C9H9BrN2OS. The molecule has 0 aromatic carbocycles. The molecule has 0 aliphatic carbocycles. The highest BCUT2D eigenvalue weighted by Gasteiger charge is 2.18. The molecule has 2 rings (SSSR count). The zero-order chi connectivity index (χ0) is 9.97. The van der Waals surface area contributed by atoms with Gasteiger partial charge in [0.05, 0.1) is 18.0 Å². The zero-order valence-corrected chi connectivity index (χ0v) is 9.93. The number of nitrogens with zero attached hydrogens (tertiary/aromatic N) is 1. The molecule has 74 valence electrons. The summed E-state index contributed by atoms with van der Waals surface area (Å²) in [6, 6.07) is 4.03. The zero-order valence-electron chi connectivity index (χ0n) is 7.53. The van der Waals surface area contributed by atoms with E-state index in [0.29, 0.717) is 0 Å². The van der Waals surface area contributed by atoms with E-state index >= 15 is 0 Å². The number of rotatable bonds is 3. The number of hydrogen-bond donors (Lipinski definition) is 1. The van der Waals surface area contributed by atoms with Crippen LogP contribution in [0.3, 0.4) is 0 Å². The number of furan rings is 1. The van der Waals surface area contributed by atoms with Crippen LogP contribution in [0.2, 0.25) is 0 Å². The molecule has 1 unspecified atom stereocenters. The predicted octanol–water partition coefficient (Wildman–Crippen LogP) is 2.81. The van der Waals surface area contributed by atoms with Crippen LogP contribution >= 0.6 is 27.5 Å². The van der Waals surface area contributed by atoms with Crippen molar-refractivity contribution in [1.29, 1.82) is 0 Å². The van der Waals surface area contributed by atoms with Crippen molar-refractivity contribution in [3.05, 3.63) is 39.7 Å². The predicted molar refractivity (Wildman–Crippen MR) is 59.4 cm³/mol. The molecule has 0 aliphatic rings. The molecule has 1 N–H and O–H groups in total. The van der Waals surface area contributed by atoms with Crippen LogP contribution in [0, 0.1) is 0 Å². The van der Waals surface area contributed by atoms with Crippen LogP contribution in [0.4, 0.5) is 0 Å². The van der Waals surface area contributed by atoms with Gasteiger partial charge in [-0.3, -0.25) is 0 Å². The second-order valence-corrected chi connectivity index (χ2v) is 4.18. The van der Waals surface area contributed by atoms with Gasteiger partial charge in [0, 0.05) is 10.9 Å². The van der Waals surface area contributed by atoms with Crippen LogP contribution in [-0.4, -0.2) is 11.4 Å². The van der Waals surface area contributed by atoms with Crippen molar-refractivity contribution in [1.82, 2.24) is 9.69 Å². The third-order valence-corrected chi connectivity index (χ3v) is 3.22. The Morgan fingerprint density at radius 2 is 2.43 bits per heavy atom. The topological polar surface area (TPSA) is 38.1 Å². The Balaban J connectivity index is 2.36. The maximum Gasteiger partial charge on any atom is 0.174 e. The van der Waals surface area contributed by atoms with Gasteiger partial charge in [-0.25, -0.2) is 0 Å². The highest BCUT2D eigenvalue weighted by atomic mass is 79.9. The summed E-state index contributed by atoms with van der Waals surface area (Å²) in [5, 5.41) is 5.17. The Morgan fingerprint density at radius 1 is 1.57 bits per heavy atom. The summed E-state index contributed by atoms with van der Waals surface area (Å²) >= 11 is 4.81. The minimum absolute atomic E-state index is 0.0920. The first-order chi connectivity index (χ1) is 6.83. The summed E-state index contributed by atoms with van der Waals surface area (Å²) in [5.41, 5.74) is 2.08. The monoisotopic (exact) mass is 272 g/mol. The Bertz CT molecular complexity index is 399. The molecule has 14 heavy (non-hydrogen) atoms. The van der Waals surface area contributed by atoms with Gasteiger partial charge in [0.15, 0.2) is 4.67 Å². The standard InChI is InChI=1S/C9H9BrN2OS/c1-11-8(7-3-5-14-12-7)6-2-4-13-9(6)10/h2-5,8,11H,1H3. The fourth-order valence-electron chi connectivity index (χ4n) is 1.34. The van der Waals surface area contributed by atoms with Gasteiger partial charge >= 0.3 is 0 Å². The molecule has 0 bridgehead atoms. The van der Waals surface area contributed by atoms with Crippen molar-refractivity contribution in [3.8, 4) is 0 Å². The fraction of sp³-hybridized carbons (Fsp3) is 0.222. The van der Waals surface area contributed by atoms with Crippen LogP contribution in [-0.2, 0) is 0 Å². The number of aromatic nitrogens is 1. The fourth-order valence-corrected chi connectivity index (χ4v) is 2.36. The van der Waals surface area contributed by atoms with E-state index in [-0.39, 0.29) is 6.04 Å². The summed E-state index contributed by atoms with van der Waals surface area (Å²) in [6.45, 7) is 0. The largest absolute Gasteiger partial charge is 0.457 e. The molecule has 0 aliphatic heterocycles. The molecule has 1 atom stereocenters. The Kier molecular flexibility index (Phi) is 3.00. The highest BCUT2D eigenvalue weighted by Crippen LogP contribution is 2.28. The van der Waals surface area contributed by atoms with Gasteiger partial charge in [-0.15, -0.1) is 0 Å². The van der Waals surface area contributed by atoms with Crippen LogP contribution in [0.25, 0.3) is 0 Å². The number of nitrogens with one attached hydrogen (secondary N) is 1. The molecule has 0 saturated heterocycles. The van der Waals surface area contributed by atoms with Gasteiger partial charge in [0.25, 0.3) is 0 Å². The summed E-state index contributed by atoms with van der Waals surface area (Å²) < 4.78 is 10.3.